The molecule has 0 aliphatic carbocycles. The molecule has 0 aliphatic rings. The summed E-state index contributed by atoms with van der Waals surface area (Å²) in [6, 6.07) is 58.4. The minimum atomic E-state index is -6.09. The molecule has 0 aliphatic heterocycles. The molecule has 7 aromatic rings. The van der Waals surface area contributed by atoms with E-state index in [2.05, 4.69) is 176 Å². The number of hydrogen-bond donors (Lipinski definition) is 0. The number of halogens is 3. The average Bonchev–Trinajstić information content (AvgIpc) is 3.43. The van der Waals surface area contributed by atoms with Crippen molar-refractivity contribution in [2.75, 3.05) is 0 Å². The molecule has 1 atom stereocenters. The van der Waals surface area contributed by atoms with Gasteiger partial charge in [0, 0.05) is 35.3 Å². The maximum absolute atomic E-state index is 10.7. The van der Waals surface area contributed by atoms with Gasteiger partial charge < -0.3 is 9.12 Å². The number of aryl methyl sites for hydroxylation is 1. The molecule has 1 aromatic heterocycles. The highest BCUT2D eigenvalue weighted by Crippen LogP contribution is 2.70. The fourth-order valence-electron chi connectivity index (χ4n) is 6.55. The molecule has 0 radical (unpaired) electrons. The van der Waals surface area contributed by atoms with E-state index >= 15 is 0 Å². The van der Waals surface area contributed by atoms with Gasteiger partial charge in [-0.1, -0.05) is 115 Å². The lowest BCUT2D eigenvalue weighted by Gasteiger charge is -2.35. The van der Waals surface area contributed by atoms with Crippen molar-refractivity contribution < 1.29 is 26.1 Å². The molecule has 0 saturated carbocycles. The molecule has 48 heavy (non-hydrogen) atoms. The standard InChI is InChI=1S/C38H31NP.CHF3O3S/c1-39-28-36(34-25-13-14-27-37(34)39)38(35-26-15-17-29-16-11-12-24-33(29)35)40(30-18-5-2-6-19-30,31-20-7-3-8-21-31)32-22-9-4-10-23-32;2-1(3,4)8(5,6)7/h2-28,38H,1H3;(H,5,6,7)/q+1;/p-1. The Morgan fingerprint density at radius 3 is 1.50 bits per heavy atom. The molecular weight excluding hydrogens is 650 g/mol. The second-order valence-corrected chi connectivity index (χ2v) is 16.2. The molecule has 242 valence electrons. The van der Waals surface area contributed by atoms with Gasteiger partial charge in [-0.15, -0.1) is 0 Å². The molecule has 7 rings (SSSR count). The zero-order valence-electron chi connectivity index (χ0n) is 25.8. The van der Waals surface area contributed by atoms with Crippen molar-refractivity contribution in [3.63, 3.8) is 0 Å². The van der Waals surface area contributed by atoms with E-state index in [-0.39, 0.29) is 5.66 Å². The summed E-state index contributed by atoms with van der Waals surface area (Å²) in [5.74, 6) is 0. The summed E-state index contributed by atoms with van der Waals surface area (Å²) in [6.45, 7) is 0. The largest absolute Gasteiger partial charge is 0.741 e. The topological polar surface area (TPSA) is 62.1 Å². The number of fused-ring (bicyclic) bond motifs is 2. The first-order valence-electron chi connectivity index (χ1n) is 15.1. The highest BCUT2D eigenvalue weighted by atomic mass is 32.2. The molecule has 1 heterocycles. The number of alkyl halides is 3. The van der Waals surface area contributed by atoms with E-state index in [0.29, 0.717) is 0 Å². The van der Waals surface area contributed by atoms with E-state index in [1.54, 1.807) is 0 Å². The Morgan fingerprint density at radius 2 is 1.00 bits per heavy atom. The molecule has 6 aromatic carbocycles. The van der Waals surface area contributed by atoms with Gasteiger partial charge in [-0.2, -0.15) is 13.2 Å². The lowest BCUT2D eigenvalue weighted by Crippen LogP contribution is -2.35. The summed E-state index contributed by atoms with van der Waals surface area (Å²) in [6.07, 6.45) is 2.39. The van der Waals surface area contributed by atoms with E-state index < -0.39 is 22.9 Å². The second-order valence-electron chi connectivity index (χ2n) is 11.3. The van der Waals surface area contributed by atoms with Gasteiger partial charge in [0.15, 0.2) is 10.1 Å². The fraction of sp³-hybridized carbons (Fsp3) is 0.0769. The van der Waals surface area contributed by atoms with E-state index in [4.69, 9.17) is 13.0 Å². The van der Waals surface area contributed by atoms with Gasteiger partial charge in [0.05, 0.1) is 0 Å². The minimum absolute atomic E-state index is 0.0944. The van der Waals surface area contributed by atoms with E-state index in [1.807, 2.05) is 0 Å². The Kier molecular flexibility index (Phi) is 9.26. The fourth-order valence-corrected chi connectivity index (χ4v) is 11.5. The van der Waals surface area contributed by atoms with E-state index in [0.717, 1.165) is 0 Å². The highest BCUT2D eigenvalue weighted by Gasteiger charge is 2.54. The van der Waals surface area contributed by atoms with Gasteiger partial charge in [0.2, 0.25) is 0 Å². The van der Waals surface area contributed by atoms with Crippen LogP contribution in [0.2, 0.25) is 0 Å². The van der Waals surface area contributed by atoms with Crippen LogP contribution >= 0.6 is 7.26 Å². The lowest BCUT2D eigenvalue weighted by molar-refractivity contribution is -0.0517. The Bertz CT molecular complexity index is 2170. The van der Waals surface area contributed by atoms with Crippen LogP contribution in [0.15, 0.2) is 164 Å². The summed E-state index contributed by atoms with van der Waals surface area (Å²) in [5.41, 5.74) is -1.54. The van der Waals surface area contributed by atoms with Crippen LogP contribution in [-0.4, -0.2) is 23.0 Å². The Labute approximate surface area is 278 Å². The van der Waals surface area contributed by atoms with Crippen LogP contribution in [0.5, 0.6) is 0 Å². The third-order valence-corrected chi connectivity index (χ3v) is 13.7. The maximum Gasteiger partial charge on any atom is 0.485 e. The first kappa shape index (κ1) is 33.2. The highest BCUT2D eigenvalue weighted by molar-refractivity contribution is 7.96. The SMILES string of the molecule is Cn1cc(C(c2cccc3ccccc23)[P+](c2ccccc2)(c2ccccc2)c2ccccc2)c2ccccc21.O=S(=O)([O-])C(F)(F)F. The van der Waals surface area contributed by atoms with Crippen LogP contribution in [0.25, 0.3) is 21.7 Å². The summed E-state index contributed by atoms with van der Waals surface area (Å²) >= 11 is 0. The van der Waals surface area contributed by atoms with Crippen LogP contribution < -0.4 is 15.9 Å². The summed E-state index contributed by atoms with van der Waals surface area (Å²) in [4.78, 5) is 0. The van der Waals surface area contributed by atoms with Crippen molar-refractivity contribution in [2.24, 2.45) is 7.05 Å². The number of aromatic nitrogens is 1. The third kappa shape index (κ3) is 6.15. The predicted octanol–water partition coefficient (Wildman–Crippen LogP) is 8.47. The zero-order chi connectivity index (χ0) is 33.9. The molecule has 4 nitrogen and oxygen atoms in total. The third-order valence-electron chi connectivity index (χ3n) is 8.50. The van der Waals surface area contributed by atoms with Gasteiger partial charge in [-0.3, -0.25) is 0 Å². The molecule has 0 spiro atoms. The van der Waals surface area contributed by atoms with Crippen LogP contribution in [0.1, 0.15) is 16.8 Å². The lowest BCUT2D eigenvalue weighted by atomic mass is 9.97. The molecular formula is C39H31F3NO3PS. The molecule has 0 fully saturated rings. The number of nitrogens with zero attached hydrogens (tertiary/aromatic N) is 1. The Morgan fingerprint density at radius 1 is 0.583 bits per heavy atom. The number of benzene rings is 6. The maximum atomic E-state index is 10.7. The van der Waals surface area contributed by atoms with E-state index in [1.165, 1.54) is 48.7 Å². The summed E-state index contributed by atoms with van der Waals surface area (Å²) < 4.78 is 61.2. The van der Waals surface area contributed by atoms with Crippen LogP contribution in [0, 0.1) is 0 Å². The first-order chi connectivity index (χ1) is 23.0. The number of hydrogen-bond acceptors (Lipinski definition) is 3. The minimum Gasteiger partial charge on any atom is -0.741 e. The number of para-hydroxylation sites is 1. The van der Waals surface area contributed by atoms with Gasteiger partial charge in [0.1, 0.15) is 28.8 Å². The van der Waals surface area contributed by atoms with Crippen LogP contribution in [0.3, 0.4) is 0 Å². The zero-order valence-corrected chi connectivity index (χ0v) is 27.5. The predicted molar refractivity (Wildman–Crippen MR) is 190 cm³/mol. The molecule has 0 N–H and O–H groups in total. The van der Waals surface area contributed by atoms with Crippen molar-refractivity contribution in [3.05, 3.63) is 175 Å². The summed E-state index contributed by atoms with van der Waals surface area (Å²) in [7, 11) is -6.23. The molecule has 1 unspecified atom stereocenters. The Hall–Kier alpha value is -4.75. The average molecular weight is 682 g/mol. The van der Waals surface area contributed by atoms with Crippen molar-refractivity contribution in [2.45, 2.75) is 11.2 Å². The van der Waals surface area contributed by atoms with Crippen molar-refractivity contribution in [1.82, 2.24) is 4.57 Å². The van der Waals surface area contributed by atoms with Gasteiger partial charge in [-0.25, -0.2) is 8.42 Å². The quantitative estimate of drug-likeness (QED) is 0.101. The van der Waals surface area contributed by atoms with Crippen molar-refractivity contribution in [3.8, 4) is 0 Å². The van der Waals surface area contributed by atoms with Gasteiger partial charge in [0.25, 0.3) is 0 Å². The smallest absolute Gasteiger partial charge is 0.485 e. The van der Waals surface area contributed by atoms with Gasteiger partial charge >= 0.3 is 5.51 Å². The van der Waals surface area contributed by atoms with Crippen molar-refractivity contribution in [1.29, 1.82) is 0 Å². The number of rotatable bonds is 6. The normalized spacial score (nSPS) is 12.8. The van der Waals surface area contributed by atoms with Crippen LogP contribution in [0.4, 0.5) is 13.2 Å². The molecule has 9 heteroatoms. The first-order valence-corrected chi connectivity index (χ1v) is 18.4. The van der Waals surface area contributed by atoms with Gasteiger partial charge in [-0.05, 0) is 53.2 Å². The van der Waals surface area contributed by atoms with E-state index in [9.17, 15) is 13.2 Å². The molecule has 0 amide bonds. The van der Waals surface area contributed by atoms with Crippen molar-refractivity contribution >= 4 is 55.0 Å². The van der Waals surface area contributed by atoms with Crippen LogP contribution in [-0.2, 0) is 17.2 Å². The molecule has 0 saturated heterocycles. The second kappa shape index (κ2) is 13.4. The summed E-state index contributed by atoms with van der Waals surface area (Å²) in [5, 5.41) is 8.07. The Balaban J connectivity index is 0.000000449. The molecule has 0 bridgehead atoms. The monoisotopic (exact) mass is 681 g/mol.